The summed E-state index contributed by atoms with van der Waals surface area (Å²) in [5, 5.41) is 22.7. The lowest BCUT2D eigenvalue weighted by Crippen LogP contribution is -2.36. The second kappa shape index (κ2) is 6.29. The highest BCUT2D eigenvalue weighted by Crippen LogP contribution is 2.33. The van der Waals surface area contributed by atoms with Gasteiger partial charge in [0.25, 0.3) is 0 Å². The average molecular weight is 283 g/mol. The second-order valence-electron chi connectivity index (χ2n) is 5.71. The van der Waals surface area contributed by atoms with Crippen LogP contribution < -0.4 is 5.32 Å². The number of aromatic hydroxyl groups is 1. The molecule has 0 bridgehead atoms. The van der Waals surface area contributed by atoms with E-state index in [-0.39, 0.29) is 18.7 Å². The summed E-state index contributed by atoms with van der Waals surface area (Å²) < 4.78 is 0. The number of nitrogens with one attached hydrogen (secondary N) is 1. The van der Waals surface area contributed by atoms with Crippen molar-refractivity contribution in [2.24, 2.45) is 0 Å². The molecule has 2 aromatic rings. The molecule has 2 aromatic carbocycles. The van der Waals surface area contributed by atoms with Crippen molar-refractivity contribution < 1.29 is 10.2 Å². The molecule has 3 nitrogen and oxygen atoms in total. The van der Waals surface area contributed by atoms with Crippen molar-refractivity contribution in [1.82, 2.24) is 5.32 Å². The van der Waals surface area contributed by atoms with Gasteiger partial charge in [0.15, 0.2) is 0 Å². The van der Waals surface area contributed by atoms with Crippen LogP contribution in [0.25, 0.3) is 0 Å². The SMILES string of the molecule is OC[C@H](Cc1ccccc1)NC1CCc2cc(O)ccc21. The van der Waals surface area contributed by atoms with Crippen molar-refractivity contribution in [1.29, 1.82) is 0 Å². The van der Waals surface area contributed by atoms with Gasteiger partial charge in [0.1, 0.15) is 5.75 Å². The molecular formula is C18H21NO2. The first kappa shape index (κ1) is 14.1. The zero-order valence-corrected chi connectivity index (χ0v) is 12.0. The summed E-state index contributed by atoms with van der Waals surface area (Å²) in [4.78, 5) is 0. The van der Waals surface area contributed by atoms with E-state index in [0.717, 1.165) is 19.3 Å². The van der Waals surface area contributed by atoms with Gasteiger partial charge in [-0.15, -0.1) is 0 Å². The van der Waals surface area contributed by atoms with Crippen LogP contribution in [-0.2, 0) is 12.8 Å². The summed E-state index contributed by atoms with van der Waals surface area (Å²) in [5.74, 6) is 0.331. The molecule has 3 rings (SSSR count). The highest BCUT2D eigenvalue weighted by atomic mass is 16.3. The van der Waals surface area contributed by atoms with Crippen LogP contribution in [-0.4, -0.2) is 22.9 Å². The third-order valence-corrected chi connectivity index (χ3v) is 4.19. The lowest BCUT2D eigenvalue weighted by Gasteiger charge is -2.22. The minimum Gasteiger partial charge on any atom is -0.508 e. The van der Waals surface area contributed by atoms with Crippen LogP contribution >= 0.6 is 0 Å². The number of aryl methyl sites for hydroxylation is 1. The van der Waals surface area contributed by atoms with Crippen molar-refractivity contribution in [3.05, 3.63) is 65.2 Å². The van der Waals surface area contributed by atoms with Crippen LogP contribution in [0.4, 0.5) is 0 Å². The molecular weight excluding hydrogens is 262 g/mol. The molecule has 0 fully saturated rings. The molecule has 2 atom stereocenters. The van der Waals surface area contributed by atoms with Gasteiger partial charge in [0, 0.05) is 12.1 Å². The van der Waals surface area contributed by atoms with E-state index in [1.54, 1.807) is 6.07 Å². The Balaban J connectivity index is 1.69. The smallest absolute Gasteiger partial charge is 0.115 e. The zero-order chi connectivity index (χ0) is 14.7. The first-order chi connectivity index (χ1) is 10.3. The number of aliphatic hydroxyl groups is 1. The molecule has 0 saturated carbocycles. The molecule has 1 unspecified atom stereocenters. The number of phenols is 1. The Morgan fingerprint density at radius 1 is 1.14 bits per heavy atom. The van der Waals surface area contributed by atoms with E-state index in [0.29, 0.717) is 5.75 Å². The van der Waals surface area contributed by atoms with Gasteiger partial charge in [0.2, 0.25) is 0 Å². The fourth-order valence-corrected chi connectivity index (χ4v) is 3.14. The van der Waals surface area contributed by atoms with Gasteiger partial charge in [-0.3, -0.25) is 0 Å². The number of fused-ring (bicyclic) bond motifs is 1. The maximum absolute atomic E-state index is 9.64. The molecule has 1 aliphatic carbocycles. The van der Waals surface area contributed by atoms with Gasteiger partial charge >= 0.3 is 0 Å². The lowest BCUT2D eigenvalue weighted by molar-refractivity contribution is 0.230. The number of phenolic OH excluding ortho intramolecular Hbond substituents is 1. The maximum Gasteiger partial charge on any atom is 0.115 e. The Labute approximate surface area is 125 Å². The summed E-state index contributed by atoms with van der Waals surface area (Å²) in [6.07, 6.45) is 2.82. The Hall–Kier alpha value is -1.84. The minimum absolute atomic E-state index is 0.0529. The highest BCUT2D eigenvalue weighted by molar-refractivity contribution is 5.40. The van der Waals surface area contributed by atoms with E-state index in [4.69, 9.17) is 0 Å². The molecule has 1 aliphatic rings. The van der Waals surface area contributed by atoms with E-state index in [9.17, 15) is 10.2 Å². The Kier molecular flexibility index (Phi) is 4.23. The topological polar surface area (TPSA) is 52.5 Å². The largest absolute Gasteiger partial charge is 0.508 e. The summed E-state index contributed by atoms with van der Waals surface area (Å²) in [5.41, 5.74) is 3.69. The van der Waals surface area contributed by atoms with Gasteiger partial charge in [-0.1, -0.05) is 36.4 Å². The minimum atomic E-state index is 0.0529. The predicted octanol–water partition coefficient (Wildman–Crippen LogP) is 2.57. The summed E-state index contributed by atoms with van der Waals surface area (Å²) in [6, 6.07) is 16.1. The summed E-state index contributed by atoms with van der Waals surface area (Å²) >= 11 is 0. The highest BCUT2D eigenvalue weighted by Gasteiger charge is 2.24. The van der Waals surface area contributed by atoms with Gasteiger partial charge in [-0.2, -0.15) is 0 Å². The molecule has 0 aliphatic heterocycles. The standard InChI is InChI=1S/C18H21NO2/c20-12-15(10-13-4-2-1-3-5-13)19-18-9-6-14-11-16(21)7-8-17(14)18/h1-5,7-8,11,15,18-21H,6,9-10,12H2/t15-,18?/m0/s1. The monoisotopic (exact) mass is 283 g/mol. The van der Waals surface area contributed by atoms with Crippen LogP contribution in [0.15, 0.2) is 48.5 Å². The summed E-state index contributed by atoms with van der Waals surface area (Å²) in [6.45, 7) is 0.124. The Morgan fingerprint density at radius 3 is 2.71 bits per heavy atom. The van der Waals surface area contributed by atoms with Crippen LogP contribution in [0.5, 0.6) is 5.75 Å². The number of aliphatic hydroxyl groups excluding tert-OH is 1. The molecule has 3 N–H and O–H groups in total. The van der Waals surface area contributed by atoms with Gasteiger partial charge in [0.05, 0.1) is 6.61 Å². The number of hydrogen-bond donors (Lipinski definition) is 3. The number of rotatable bonds is 5. The van der Waals surface area contributed by atoms with Gasteiger partial charge < -0.3 is 15.5 Å². The maximum atomic E-state index is 9.64. The van der Waals surface area contributed by atoms with Gasteiger partial charge in [-0.25, -0.2) is 0 Å². The summed E-state index contributed by atoms with van der Waals surface area (Å²) in [7, 11) is 0. The number of hydrogen-bond acceptors (Lipinski definition) is 3. The van der Waals surface area contributed by atoms with E-state index >= 15 is 0 Å². The molecule has 0 saturated heterocycles. The van der Waals surface area contributed by atoms with E-state index in [1.807, 2.05) is 30.3 Å². The van der Waals surface area contributed by atoms with Crippen LogP contribution in [0, 0.1) is 0 Å². The third-order valence-electron chi connectivity index (χ3n) is 4.19. The Bertz CT molecular complexity index is 597. The second-order valence-corrected chi connectivity index (χ2v) is 5.71. The third kappa shape index (κ3) is 3.26. The van der Waals surface area contributed by atoms with E-state index in [1.165, 1.54) is 16.7 Å². The molecule has 21 heavy (non-hydrogen) atoms. The molecule has 0 spiro atoms. The molecule has 0 heterocycles. The molecule has 0 aromatic heterocycles. The van der Waals surface area contributed by atoms with Crippen LogP contribution in [0.2, 0.25) is 0 Å². The normalized spacial score (nSPS) is 18.4. The van der Waals surface area contributed by atoms with Crippen molar-refractivity contribution >= 4 is 0 Å². The first-order valence-corrected chi connectivity index (χ1v) is 7.49. The fraction of sp³-hybridized carbons (Fsp3) is 0.333. The Morgan fingerprint density at radius 2 is 1.95 bits per heavy atom. The average Bonchev–Trinajstić information content (AvgIpc) is 2.89. The quantitative estimate of drug-likeness (QED) is 0.790. The fourth-order valence-electron chi connectivity index (χ4n) is 3.14. The van der Waals surface area contributed by atoms with Crippen LogP contribution in [0.3, 0.4) is 0 Å². The molecule has 110 valence electrons. The van der Waals surface area contributed by atoms with Gasteiger partial charge in [-0.05, 0) is 48.1 Å². The molecule has 0 amide bonds. The van der Waals surface area contributed by atoms with Crippen molar-refractivity contribution in [2.75, 3.05) is 6.61 Å². The lowest BCUT2D eigenvalue weighted by atomic mass is 10.0. The molecule has 0 radical (unpaired) electrons. The van der Waals surface area contributed by atoms with Crippen molar-refractivity contribution in [3.63, 3.8) is 0 Å². The predicted molar refractivity (Wildman–Crippen MR) is 83.3 cm³/mol. The molecule has 3 heteroatoms. The van der Waals surface area contributed by atoms with E-state index in [2.05, 4.69) is 17.4 Å². The van der Waals surface area contributed by atoms with E-state index < -0.39 is 0 Å². The first-order valence-electron chi connectivity index (χ1n) is 7.49. The number of benzene rings is 2. The zero-order valence-electron chi connectivity index (χ0n) is 12.0. The van der Waals surface area contributed by atoms with Crippen molar-refractivity contribution in [3.8, 4) is 5.75 Å². The van der Waals surface area contributed by atoms with Crippen molar-refractivity contribution in [2.45, 2.75) is 31.3 Å². The van der Waals surface area contributed by atoms with Crippen LogP contribution in [0.1, 0.15) is 29.2 Å².